The molecule has 0 spiro atoms. The lowest BCUT2D eigenvalue weighted by Gasteiger charge is -2.20. The average molecular weight is 236 g/mol. The molecule has 5 heteroatoms. The van der Waals surface area contributed by atoms with Gasteiger partial charge in [0.25, 0.3) is 0 Å². The summed E-state index contributed by atoms with van der Waals surface area (Å²) in [4.78, 5) is 25.3. The summed E-state index contributed by atoms with van der Waals surface area (Å²) in [6, 6.07) is 7.57. The number of fused-ring (bicyclic) bond motifs is 1. The third kappa shape index (κ3) is 2.19. The van der Waals surface area contributed by atoms with Crippen LogP contribution in [0.2, 0.25) is 0 Å². The molecule has 2 N–H and O–H groups in total. The first-order valence-corrected chi connectivity index (χ1v) is 5.97. The van der Waals surface area contributed by atoms with E-state index in [9.17, 15) is 9.59 Å². The molecule has 1 heterocycles. The number of hydrogen-bond donors (Lipinski definition) is 1. The summed E-state index contributed by atoms with van der Waals surface area (Å²) in [5, 5.41) is 0. The van der Waals surface area contributed by atoms with Crippen molar-refractivity contribution in [3.8, 4) is 0 Å². The molecule has 84 valence electrons. The Labute approximate surface area is 97.8 Å². The number of hydrogen-bond acceptors (Lipinski definition) is 3. The highest BCUT2D eigenvalue weighted by Crippen LogP contribution is 2.33. The molecule has 0 saturated heterocycles. The van der Waals surface area contributed by atoms with Crippen LogP contribution in [0.1, 0.15) is 6.42 Å². The van der Waals surface area contributed by atoms with Crippen LogP contribution >= 0.6 is 11.8 Å². The highest BCUT2D eigenvalue weighted by Gasteiger charge is 2.23. The molecule has 2 rings (SSSR count). The first-order valence-electron chi connectivity index (χ1n) is 4.99. The highest BCUT2D eigenvalue weighted by molar-refractivity contribution is 7.99. The van der Waals surface area contributed by atoms with E-state index in [0.717, 1.165) is 16.3 Å². The second-order valence-corrected chi connectivity index (χ2v) is 4.65. The minimum atomic E-state index is -0.491. The Morgan fingerprint density at radius 3 is 2.94 bits per heavy atom. The molecule has 0 unspecified atom stereocenters. The molecule has 16 heavy (non-hydrogen) atoms. The van der Waals surface area contributed by atoms with Crippen molar-refractivity contribution < 1.29 is 9.59 Å². The number of thioether (sulfide) groups is 1. The molecule has 0 radical (unpaired) electrons. The van der Waals surface area contributed by atoms with Gasteiger partial charge in [0.1, 0.15) is 6.54 Å². The molecule has 0 fully saturated rings. The Kier molecular flexibility index (Phi) is 3.14. The van der Waals surface area contributed by atoms with Crippen LogP contribution in [-0.2, 0) is 9.59 Å². The van der Waals surface area contributed by atoms with E-state index >= 15 is 0 Å². The van der Waals surface area contributed by atoms with Gasteiger partial charge >= 0.3 is 0 Å². The van der Waals surface area contributed by atoms with Gasteiger partial charge in [0.15, 0.2) is 0 Å². The van der Waals surface area contributed by atoms with Crippen LogP contribution in [0.15, 0.2) is 29.2 Å². The van der Waals surface area contributed by atoms with Crippen molar-refractivity contribution in [3.05, 3.63) is 24.3 Å². The summed E-state index contributed by atoms with van der Waals surface area (Å²) < 4.78 is 0. The largest absolute Gasteiger partial charge is 0.368 e. The van der Waals surface area contributed by atoms with E-state index in [0.29, 0.717) is 6.42 Å². The van der Waals surface area contributed by atoms with Crippen molar-refractivity contribution in [3.63, 3.8) is 0 Å². The molecule has 1 aliphatic rings. The average Bonchev–Trinajstić information content (AvgIpc) is 2.40. The quantitative estimate of drug-likeness (QED) is 0.833. The molecule has 0 bridgehead atoms. The summed E-state index contributed by atoms with van der Waals surface area (Å²) in [6.45, 7) is -0.0452. The summed E-state index contributed by atoms with van der Waals surface area (Å²) in [5.74, 6) is 0.205. The summed E-state index contributed by atoms with van der Waals surface area (Å²) in [7, 11) is 0. The van der Waals surface area contributed by atoms with Crippen molar-refractivity contribution in [2.24, 2.45) is 5.73 Å². The molecule has 1 aliphatic heterocycles. The number of carbonyl (C=O) groups is 2. The number of nitrogens with two attached hydrogens (primary N) is 1. The molecule has 2 amide bonds. The second-order valence-electron chi connectivity index (χ2n) is 3.51. The molecule has 0 atom stereocenters. The third-order valence-electron chi connectivity index (χ3n) is 2.34. The Morgan fingerprint density at radius 1 is 1.44 bits per heavy atom. The molecule has 4 nitrogen and oxygen atoms in total. The third-order valence-corrected chi connectivity index (χ3v) is 3.41. The number of benzene rings is 1. The number of amides is 2. The van der Waals surface area contributed by atoms with Gasteiger partial charge in [-0.2, -0.15) is 0 Å². The van der Waals surface area contributed by atoms with Crippen LogP contribution < -0.4 is 10.6 Å². The lowest BCUT2D eigenvalue weighted by atomic mass is 10.2. The lowest BCUT2D eigenvalue weighted by Crippen LogP contribution is -2.38. The van der Waals surface area contributed by atoms with Gasteiger partial charge in [-0.1, -0.05) is 12.1 Å². The van der Waals surface area contributed by atoms with Gasteiger partial charge in [0.2, 0.25) is 11.8 Å². The van der Waals surface area contributed by atoms with Gasteiger partial charge in [-0.3, -0.25) is 9.59 Å². The van der Waals surface area contributed by atoms with Crippen molar-refractivity contribution in [2.45, 2.75) is 11.3 Å². The maximum atomic E-state index is 11.8. The number of primary amides is 1. The van der Waals surface area contributed by atoms with Crippen LogP contribution in [0.25, 0.3) is 0 Å². The van der Waals surface area contributed by atoms with E-state index in [4.69, 9.17) is 5.73 Å². The maximum absolute atomic E-state index is 11.8. The second kappa shape index (κ2) is 4.57. The van der Waals surface area contributed by atoms with Crippen molar-refractivity contribution in [2.75, 3.05) is 17.2 Å². The zero-order valence-electron chi connectivity index (χ0n) is 8.68. The van der Waals surface area contributed by atoms with Crippen molar-refractivity contribution in [1.82, 2.24) is 0 Å². The van der Waals surface area contributed by atoms with E-state index in [1.807, 2.05) is 24.3 Å². The van der Waals surface area contributed by atoms with Crippen LogP contribution in [0, 0.1) is 0 Å². The van der Waals surface area contributed by atoms with Gasteiger partial charge in [-0.25, -0.2) is 0 Å². The van der Waals surface area contributed by atoms with Gasteiger partial charge < -0.3 is 10.6 Å². The van der Waals surface area contributed by atoms with Gasteiger partial charge in [-0.05, 0) is 12.1 Å². The Morgan fingerprint density at radius 2 is 2.19 bits per heavy atom. The minimum Gasteiger partial charge on any atom is -0.368 e. The van der Waals surface area contributed by atoms with Gasteiger partial charge in [-0.15, -0.1) is 11.8 Å². The fourth-order valence-corrected chi connectivity index (χ4v) is 2.65. The first kappa shape index (κ1) is 11.0. The zero-order valence-corrected chi connectivity index (χ0v) is 9.50. The Bertz CT molecular complexity index is 434. The van der Waals surface area contributed by atoms with E-state index in [2.05, 4.69) is 0 Å². The molecule has 1 aromatic carbocycles. The van der Waals surface area contributed by atoms with Crippen LogP contribution in [0.3, 0.4) is 0 Å². The van der Waals surface area contributed by atoms with Crippen LogP contribution in [0.5, 0.6) is 0 Å². The molecular weight excluding hydrogens is 224 g/mol. The van der Waals surface area contributed by atoms with Crippen molar-refractivity contribution in [1.29, 1.82) is 0 Å². The smallest absolute Gasteiger partial charge is 0.237 e. The molecule has 0 saturated carbocycles. The zero-order chi connectivity index (χ0) is 11.5. The Hall–Kier alpha value is -1.49. The normalized spacial score (nSPS) is 15.5. The summed E-state index contributed by atoms with van der Waals surface area (Å²) in [5.41, 5.74) is 5.94. The number of anilines is 1. The van der Waals surface area contributed by atoms with E-state index in [1.165, 1.54) is 4.90 Å². The van der Waals surface area contributed by atoms with E-state index in [1.54, 1.807) is 11.8 Å². The number of rotatable bonds is 2. The minimum absolute atomic E-state index is 0.0451. The predicted octanol–water partition coefficient (Wildman–Crippen LogP) is 1.00. The van der Waals surface area contributed by atoms with Crippen LogP contribution in [0.4, 0.5) is 5.69 Å². The molecule has 0 aromatic heterocycles. The van der Waals surface area contributed by atoms with Gasteiger partial charge in [0, 0.05) is 17.1 Å². The maximum Gasteiger partial charge on any atom is 0.237 e. The molecule has 0 aliphatic carbocycles. The standard InChI is InChI=1S/C11H12N2O2S/c12-10(14)7-13-8-3-1-2-4-9(8)16-6-5-11(13)15/h1-4H,5-7H2,(H2,12,14). The number of para-hydroxylation sites is 1. The van der Waals surface area contributed by atoms with Gasteiger partial charge in [0.05, 0.1) is 5.69 Å². The summed E-state index contributed by atoms with van der Waals surface area (Å²) in [6.07, 6.45) is 0.437. The first-order chi connectivity index (χ1) is 7.68. The fourth-order valence-electron chi connectivity index (χ4n) is 1.65. The number of nitrogens with zero attached hydrogens (tertiary/aromatic N) is 1. The van der Waals surface area contributed by atoms with E-state index in [-0.39, 0.29) is 12.5 Å². The SMILES string of the molecule is NC(=O)CN1C(=O)CCSc2ccccc21. The van der Waals surface area contributed by atoms with Crippen molar-refractivity contribution >= 4 is 29.3 Å². The van der Waals surface area contributed by atoms with Crippen LogP contribution in [-0.4, -0.2) is 24.1 Å². The predicted molar refractivity (Wildman–Crippen MR) is 63.3 cm³/mol. The fraction of sp³-hybridized carbons (Fsp3) is 0.273. The summed E-state index contributed by atoms with van der Waals surface area (Å²) >= 11 is 1.63. The monoisotopic (exact) mass is 236 g/mol. The topological polar surface area (TPSA) is 63.4 Å². The molecular formula is C11H12N2O2S. The number of carbonyl (C=O) groups excluding carboxylic acids is 2. The van der Waals surface area contributed by atoms with E-state index < -0.39 is 5.91 Å². The lowest BCUT2D eigenvalue weighted by molar-refractivity contribution is -0.122. The molecule has 1 aromatic rings. The Balaban J connectivity index is 2.39. The highest BCUT2D eigenvalue weighted by atomic mass is 32.2.